The number of aryl methyl sites for hydroxylation is 2. The molecule has 0 radical (unpaired) electrons. The molecule has 0 saturated carbocycles. The molecule has 192 valence electrons. The van der Waals surface area contributed by atoms with Crippen molar-refractivity contribution in [3.63, 3.8) is 0 Å². The number of benzene rings is 1. The molecule has 1 N–H and O–H groups in total. The number of hydrogen-bond acceptors (Lipinski definition) is 5. The quantitative estimate of drug-likeness (QED) is 0.429. The van der Waals surface area contributed by atoms with E-state index in [0.29, 0.717) is 22.2 Å². The summed E-state index contributed by atoms with van der Waals surface area (Å²) in [6.07, 6.45) is 1.50. The Morgan fingerprint density at radius 3 is 2.65 bits per heavy atom. The van der Waals surface area contributed by atoms with Crippen LogP contribution in [-0.2, 0) is 24.9 Å². The molecule has 37 heavy (non-hydrogen) atoms. The molecule has 0 atom stereocenters. The maximum atomic E-state index is 14.2. The summed E-state index contributed by atoms with van der Waals surface area (Å²) in [5.41, 5.74) is -0.912. The van der Waals surface area contributed by atoms with E-state index in [-0.39, 0.29) is 41.4 Å². The number of amides is 2. The third-order valence-corrected chi connectivity index (χ3v) is 6.79. The summed E-state index contributed by atoms with van der Waals surface area (Å²) < 4.78 is 31.1. The number of aromatic nitrogens is 4. The molecule has 0 spiro atoms. The second-order valence-corrected chi connectivity index (χ2v) is 9.91. The van der Waals surface area contributed by atoms with E-state index in [9.17, 15) is 23.2 Å². The Kier molecular flexibility index (Phi) is 5.98. The minimum atomic E-state index is -1.47. The van der Waals surface area contributed by atoms with Crippen molar-refractivity contribution < 1.29 is 18.4 Å². The van der Waals surface area contributed by atoms with Gasteiger partial charge in [-0.15, -0.1) is 0 Å². The van der Waals surface area contributed by atoms with Crippen LogP contribution in [0.2, 0.25) is 5.02 Å². The molecule has 1 aliphatic heterocycles. The summed E-state index contributed by atoms with van der Waals surface area (Å²) in [4.78, 5) is 49.6. The Morgan fingerprint density at radius 2 is 1.97 bits per heavy atom. The van der Waals surface area contributed by atoms with Gasteiger partial charge in [-0.05, 0) is 32.0 Å². The Hall–Kier alpha value is -3.86. The van der Waals surface area contributed by atoms with Crippen LogP contribution in [0.3, 0.4) is 0 Å². The maximum absolute atomic E-state index is 14.2. The average molecular weight is 529 g/mol. The second-order valence-electron chi connectivity index (χ2n) is 9.48. The van der Waals surface area contributed by atoms with Gasteiger partial charge in [-0.2, -0.15) is 0 Å². The average Bonchev–Trinajstić information content (AvgIpc) is 3.11. The van der Waals surface area contributed by atoms with Gasteiger partial charge in [0.15, 0.2) is 0 Å². The molecule has 1 aliphatic rings. The standard InChI is InChI=1S/C25H23ClF2N6O3/c1-13-31-19-9-29-22-16(21(19)32(13)3)7-17(23(36)30-8-14-4-5-15(26)6-18(14)27)24(37)34(22)10-20(35)33-11-25(2,28)12-33/h4-7,9H,8,10-12H2,1-3H3,(H,30,36). The first-order chi connectivity index (χ1) is 17.4. The highest BCUT2D eigenvalue weighted by Crippen LogP contribution is 2.26. The van der Waals surface area contributed by atoms with Crippen LogP contribution in [0.5, 0.6) is 0 Å². The van der Waals surface area contributed by atoms with Gasteiger partial charge in [0.05, 0.1) is 24.8 Å². The lowest BCUT2D eigenvalue weighted by atomic mass is 9.99. The fourth-order valence-corrected chi connectivity index (χ4v) is 4.70. The van der Waals surface area contributed by atoms with E-state index in [0.717, 1.165) is 10.6 Å². The number of imidazole rings is 1. The number of carbonyl (C=O) groups excluding carboxylic acids is 2. The smallest absolute Gasteiger partial charge is 0.265 e. The lowest BCUT2D eigenvalue weighted by Gasteiger charge is -2.42. The topological polar surface area (TPSA) is 102 Å². The fourth-order valence-electron chi connectivity index (χ4n) is 4.54. The molecule has 1 fully saturated rings. The van der Waals surface area contributed by atoms with Crippen molar-refractivity contribution >= 4 is 45.5 Å². The first-order valence-corrected chi connectivity index (χ1v) is 11.9. The van der Waals surface area contributed by atoms with Gasteiger partial charge in [0, 0.05) is 29.6 Å². The predicted octanol–water partition coefficient (Wildman–Crippen LogP) is 2.88. The molecular weight excluding hydrogens is 506 g/mol. The summed E-state index contributed by atoms with van der Waals surface area (Å²) in [7, 11) is 1.79. The number of nitrogens with zero attached hydrogens (tertiary/aromatic N) is 5. The Morgan fingerprint density at radius 1 is 1.24 bits per heavy atom. The van der Waals surface area contributed by atoms with Crippen molar-refractivity contribution in [3.05, 3.63) is 68.6 Å². The van der Waals surface area contributed by atoms with Crippen molar-refractivity contribution in [1.29, 1.82) is 0 Å². The van der Waals surface area contributed by atoms with E-state index in [1.165, 1.54) is 36.2 Å². The van der Waals surface area contributed by atoms with Crippen LogP contribution in [0.1, 0.15) is 28.7 Å². The first kappa shape index (κ1) is 24.8. The molecule has 0 aliphatic carbocycles. The Balaban J connectivity index is 1.58. The van der Waals surface area contributed by atoms with Gasteiger partial charge in [-0.1, -0.05) is 17.7 Å². The zero-order chi connectivity index (χ0) is 26.6. The van der Waals surface area contributed by atoms with Gasteiger partial charge in [-0.3, -0.25) is 19.0 Å². The first-order valence-electron chi connectivity index (χ1n) is 11.5. The number of likely N-dealkylation sites (tertiary alicyclic amines) is 1. The Labute approximate surface area is 214 Å². The van der Waals surface area contributed by atoms with Crippen LogP contribution in [0.4, 0.5) is 8.78 Å². The monoisotopic (exact) mass is 528 g/mol. The molecule has 9 nitrogen and oxygen atoms in total. The minimum absolute atomic E-state index is 0.0794. The van der Waals surface area contributed by atoms with E-state index in [2.05, 4.69) is 15.3 Å². The summed E-state index contributed by atoms with van der Waals surface area (Å²) in [6.45, 7) is 2.43. The highest BCUT2D eigenvalue weighted by molar-refractivity contribution is 6.30. The number of carbonyl (C=O) groups is 2. The van der Waals surface area contributed by atoms with Crippen molar-refractivity contribution in [3.8, 4) is 0 Å². The number of fused-ring (bicyclic) bond motifs is 3. The highest BCUT2D eigenvalue weighted by atomic mass is 35.5. The third-order valence-electron chi connectivity index (χ3n) is 6.56. The van der Waals surface area contributed by atoms with Crippen LogP contribution in [0.25, 0.3) is 22.1 Å². The van der Waals surface area contributed by atoms with Gasteiger partial charge < -0.3 is 14.8 Å². The van der Waals surface area contributed by atoms with E-state index < -0.39 is 35.4 Å². The Bertz CT molecular complexity index is 1650. The number of hydrogen-bond donors (Lipinski definition) is 1. The molecule has 1 saturated heterocycles. The lowest BCUT2D eigenvalue weighted by Crippen LogP contribution is -2.60. The summed E-state index contributed by atoms with van der Waals surface area (Å²) >= 11 is 5.79. The number of pyridine rings is 2. The van der Waals surface area contributed by atoms with Gasteiger partial charge in [0.2, 0.25) is 5.91 Å². The molecule has 0 bridgehead atoms. The van der Waals surface area contributed by atoms with Gasteiger partial charge in [0.25, 0.3) is 11.5 Å². The zero-order valence-corrected chi connectivity index (χ0v) is 21.1. The third kappa shape index (κ3) is 4.43. The maximum Gasteiger partial charge on any atom is 0.265 e. The van der Waals surface area contributed by atoms with Crippen LogP contribution < -0.4 is 10.9 Å². The number of alkyl halides is 1. The van der Waals surface area contributed by atoms with Crippen LogP contribution in [0, 0.1) is 12.7 Å². The highest BCUT2D eigenvalue weighted by Gasteiger charge is 2.41. The molecule has 0 unspecified atom stereocenters. The van der Waals surface area contributed by atoms with Gasteiger partial charge in [-0.25, -0.2) is 18.7 Å². The number of rotatable bonds is 5. The molecule has 2 amide bonds. The van der Waals surface area contributed by atoms with E-state index >= 15 is 0 Å². The van der Waals surface area contributed by atoms with E-state index in [4.69, 9.17) is 11.6 Å². The zero-order valence-electron chi connectivity index (χ0n) is 20.3. The molecule has 3 aromatic heterocycles. The van der Waals surface area contributed by atoms with Gasteiger partial charge >= 0.3 is 0 Å². The van der Waals surface area contributed by atoms with Crippen LogP contribution in [0.15, 0.2) is 35.3 Å². The normalized spacial score (nSPS) is 14.7. The summed E-state index contributed by atoms with van der Waals surface area (Å²) in [5.74, 6) is -1.13. The SMILES string of the molecule is Cc1nc2cnc3c(cc(C(=O)NCc4ccc(Cl)cc4F)c(=O)n3CC(=O)N3CC(C)(F)C3)c2n1C. The molecule has 4 aromatic rings. The van der Waals surface area contributed by atoms with E-state index in [1.807, 2.05) is 0 Å². The second kappa shape index (κ2) is 8.91. The van der Waals surface area contributed by atoms with Crippen molar-refractivity contribution in [2.24, 2.45) is 7.05 Å². The minimum Gasteiger partial charge on any atom is -0.348 e. The largest absolute Gasteiger partial charge is 0.348 e. The van der Waals surface area contributed by atoms with Crippen molar-refractivity contribution in [2.45, 2.75) is 32.6 Å². The molecule has 5 rings (SSSR count). The molecular formula is C25H23ClF2N6O3. The van der Waals surface area contributed by atoms with Gasteiger partial charge in [0.1, 0.15) is 40.6 Å². The fraction of sp³-hybridized carbons (Fsp3) is 0.320. The van der Waals surface area contributed by atoms with Crippen molar-refractivity contribution in [1.82, 2.24) is 29.3 Å². The summed E-state index contributed by atoms with van der Waals surface area (Å²) in [5, 5.41) is 3.22. The molecule has 4 heterocycles. The number of nitrogens with one attached hydrogen (secondary N) is 1. The predicted molar refractivity (Wildman–Crippen MR) is 134 cm³/mol. The number of halogens is 3. The molecule has 1 aromatic carbocycles. The van der Waals surface area contributed by atoms with Crippen LogP contribution >= 0.6 is 11.6 Å². The summed E-state index contributed by atoms with van der Waals surface area (Å²) in [6, 6.07) is 5.47. The van der Waals surface area contributed by atoms with E-state index in [1.54, 1.807) is 18.5 Å². The lowest BCUT2D eigenvalue weighted by molar-refractivity contribution is -0.144. The van der Waals surface area contributed by atoms with Crippen molar-refractivity contribution in [2.75, 3.05) is 13.1 Å². The molecule has 12 heteroatoms. The van der Waals surface area contributed by atoms with Crippen LogP contribution in [-0.4, -0.2) is 54.6 Å².